The van der Waals surface area contributed by atoms with Gasteiger partial charge in [-0.2, -0.15) is 0 Å². The Bertz CT molecular complexity index is 10100. The van der Waals surface area contributed by atoms with Crippen molar-refractivity contribution in [2.75, 3.05) is 0 Å². The molecule has 0 saturated heterocycles. The number of rotatable bonds is 15. The second kappa shape index (κ2) is 37.0. The lowest BCUT2D eigenvalue weighted by molar-refractivity contribution is 0.669. The van der Waals surface area contributed by atoms with E-state index in [1.807, 2.05) is 212 Å². The third-order valence-electron chi connectivity index (χ3n) is 28.4. The first-order valence-electron chi connectivity index (χ1n) is 50.1. The Kier molecular flexibility index (Phi) is 21.5. The fraction of sp³-hybridized carbons (Fsp3) is 0. The van der Waals surface area contributed by atoms with Crippen molar-refractivity contribution in [3.63, 3.8) is 0 Å². The van der Waals surface area contributed by atoms with Crippen molar-refractivity contribution in [2.45, 2.75) is 0 Å². The highest BCUT2D eigenvalue weighted by Crippen LogP contribution is 2.50. The van der Waals surface area contributed by atoms with E-state index >= 15 is 0 Å². The maximum Gasteiger partial charge on any atom is 0.164 e. The molecule has 0 N–H and O–H groups in total. The Hall–Kier alpha value is -20.6. The molecule has 0 saturated carbocycles. The lowest BCUT2D eigenvalue weighted by Crippen LogP contribution is -2.00. The second-order valence-electron chi connectivity index (χ2n) is 37.3. The number of nitrogens with zero attached hydrogens (tertiary/aromatic N) is 12. The summed E-state index contributed by atoms with van der Waals surface area (Å²) in [5.41, 5.74) is 30.4. The fourth-order valence-electron chi connectivity index (χ4n) is 21.4. The zero-order valence-electron chi connectivity index (χ0n) is 80.6. The van der Waals surface area contributed by atoms with Gasteiger partial charge in [-0.1, -0.05) is 376 Å². The van der Waals surface area contributed by atoms with E-state index in [0.717, 1.165) is 188 Å². The molecule has 0 radical (unpaired) electrons. The van der Waals surface area contributed by atoms with Crippen LogP contribution in [0.5, 0.6) is 0 Å². The zero-order valence-corrected chi connectivity index (χ0v) is 80.6. The van der Waals surface area contributed by atoms with Gasteiger partial charge >= 0.3 is 0 Å². The Morgan fingerprint density at radius 1 is 0.140 bits per heavy atom. The van der Waals surface area contributed by atoms with Crippen LogP contribution in [0.2, 0.25) is 0 Å². The maximum atomic E-state index is 6.67. The van der Waals surface area contributed by atoms with Crippen LogP contribution in [-0.4, -0.2) is 58.6 Å². The molecule has 15 nitrogen and oxygen atoms in total. The van der Waals surface area contributed by atoms with Crippen molar-refractivity contribution >= 4 is 131 Å². The van der Waals surface area contributed by atoms with Gasteiger partial charge < -0.3 is 27.0 Å². The van der Waals surface area contributed by atoms with Gasteiger partial charge in [-0.15, -0.1) is 0 Å². The molecule has 30 rings (SSSR count). The highest BCUT2D eigenvalue weighted by Gasteiger charge is 2.29. The Balaban J connectivity index is 0.000000108. The molecule has 9 aromatic heterocycles. The van der Waals surface area contributed by atoms with E-state index in [-0.39, 0.29) is 0 Å². The fourth-order valence-corrected chi connectivity index (χ4v) is 21.4. The molecule has 0 spiro atoms. The first-order valence-corrected chi connectivity index (χ1v) is 50.1. The number of para-hydroxylation sites is 5. The van der Waals surface area contributed by atoms with Crippen LogP contribution in [0.25, 0.3) is 284 Å². The smallest absolute Gasteiger partial charge is 0.164 e. The summed E-state index contributed by atoms with van der Waals surface area (Å²) >= 11 is 0. The van der Waals surface area contributed by atoms with Crippen molar-refractivity contribution in [1.82, 2.24) is 58.6 Å². The quantitative estimate of drug-likeness (QED) is 0.0953. The molecule has 0 unspecified atom stereocenters. The molecule has 0 atom stereocenters. The van der Waals surface area contributed by atoms with E-state index in [0.29, 0.717) is 52.4 Å². The molecule has 30 aromatic rings. The van der Waals surface area contributed by atoms with Gasteiger partial charge in [-0.25, -0.2) is 44.9 Å². The molecule has 150 heavy (non-hydrogen) atoms. The minimum Gasteiger partial charge on any atom is -0.456 e. The largest absolute Gasteiger partial charge is 0.456 e. The third kappa shape index (κ3) is 15.5. The van der Waals surface area contributed by atoms with Gasteiger partial charge in [-0.3, -0.25) is 0 Å². The van der Waals surface area contributed by atoms with E-state index in [1.54, 1.807) is 0 Å². The number of hydrogen-bond donors (Lipinski definition) is 0. The molecule has 0 amide bonds. The summed E-state index contributed by atoms with van der Waals surface area (Å²) in [5, 5.41) is 13.7. The van der Waals surface area contributed by atoms with E-state index in [4.69, 9.17) is 58.1 Å². The third-order valence-corrected chi connectivity index (χ3v) is 28.4. The van der Waals surface area contributed by atoms with Crippen LogP contribution in [0.3, 0.4) is 0 Å². The zero-order chi connectivity index (χ0) is 99.1. The summed E-state index contributed by atoms with van der Waals surface area (Å²) in [7, 11) is 0. The SMILES string of the molecule is c1ccc(-c2ccc3c4ccc5oc6ccccc6c5c4n(-c4ccc(-c5nc(-c6ccccc6)nc(-c6ccccc6)n5)cc4)c3c2)cc1.c1ccc(-c2nc(-c3ccccc3)nc(-c3ccc(-n4c5ccccc5c5c(-c6ccccc6)cc6oc7ccccc7c6c54)cc3)n2)cc1.c1ccc(-c2nc(-c3ccccc3)nc(-c3ccc(-n4c5ccccc5c5cc(-c6ccccc6)c6oc7ccccc7c6c54)cc3)n2)cc1. The summed E-state index contributed by atoms with van der Waals surface area (Å²) in [6, 6.07) is 176. The summed E-state index contributed by atoms with van der Waals surface area (Å²) in [6.45, 7) is 0. The molecule has 702 valence electrons. The van der Waals surface area contributed by atoms with Crippen LogP contribution in [0.15, 0.2) is 523 Å². The van der Waals surface area contributed by atoms with Gasteiger partial charge in [0.1, 0.15) is 33.5 Å². The average Bonchev–Trinajstić information content (AvgIpc) is 1.55. The number of fused-ring (bicyclic) bond motifs is 21. The minimum atomic E-state index is 0.626. The molecule has 0 fully saturated rings. The molecular weight excluding hydrogens is 1840 g/mol. The first-order chi connectivity index (χ1) is 74.4. The topological polar surface area (TPSA) is 170 Å². The van der Waals surface area contributed by atoms with Crippen molar-refractivity contribution in [3.05, 3.63) is 510 Å². The molecule has 0 aliphatic carbocycles. The monoisotopic (exact) mass is 1920 g/mol. The number of hydrogen-bond acceptors (Lipinski definition) is 12. The van der Waals surface area contributed by atoms with Crippen molar-refractivity contribution < 1.29 is 13.3 Å². The molecule has 0 aliphatic heterocycles. The molecular formula is C135H84N12O3. The van der Waals surface area contributed by atoms with E-state index in [2.05, 4.69) is 311 Å². The first kappa shape index (κ1) is 87.3. The van der Waals surface area contributed by atoms with Crippen molar-refractivity contribution in [2.24, 2.45) is 0 Å². The summed E-state index contributed by atoms with van der Waals surface area (Å²) in [5.74, 6) is 5.73. The van der Waals surface area contributed by atoms with Gasteiger partial charge in [0.25, 0.3) is 0 Å². The van der Waals surface area contributed by atoms with Gasteiger partial charge in [0.2, 0.25) is 0 Å². The molecule has 9 heterocycles. The summed E-state index contributed by atoms with van der Waals surface area (Å²) in [4.78, 5) is 44.4. The molecule has 21 aromatic carbocycles. The van der Waals surface area contributed by atoms with Crippen molar-refractivity contribution in [3.8, 4) is 153 Å². The maximum absolute atomic E-state index is 6.67. The van der Waals surface area contributed by atoms with Gasteiger partial charge in [-0.05, 0) is 161 Å². The average molecular weight is 1920 g/mol. The Morgan fingerprint density at radius 3 is 0.820 bits per heavy atom. The van der Waals surface area contributed by atoms with Crippen LogP contribution in [-0.2, 0) is 0 Å². The van der Waals surface area contributed by atoms with E-state index < -0.39 is 0 Å². The highest BCUT2D eigenvalue weighted by molar-refractivity contribution is 6.30. The van der Waals surface area contributed by atoms with Crippen LogP contribution >= 0.6 is 0 Å². The van der Waals surface area contributed by atoms with Crippen LogP contribution in [0.1, 0.15) is 0 Å². The van der Waals surface area contributed by atoms with Crippen LogP contribution < -0.4 is 0 Å². The Labute approximate surface area is 859 Å². The summed E-state index contributed by atoms with van der Waals surface area (Å²) in [6.07, 6.45) is 0. The van der Waals surface area contributed by atoms with Gasteiger partial charge in [0.15, 0.2) is 52.4 Å². The molecule has 15 heteroatoms. The summed E-state index contributed by atoms with van der Waals surface area (Å²) < 4.78 is 26.7. The Morgan fingerprint density at radius 2 is 0.413 bits per heavy atom. The lowest BCUT2D eigenvalue weighted by Gasteiger charge is -2.12. The van der Waals surface area contributed by atoms with Crippen molar-refractivity contribution in [1.29, 1.82) is 0 Å². The molecule has 0 aliphatic rings. The standard InChI is InChI=1S/3C45H28N4O/c1-4-14-29(15-5-1)36-28-37-34-20-10-12-22-38(34)49(41(37)40-35-21-11-13-23-39(35)50-42(36)40)33-26-24-32(25-27-33)45-47-43(30-16-6-2-7-17-30)46-44(48-45)31-18-8-3-9-19-31;1-4-14-29(15-5-1)36-28-39-41(35-21-11-13-23-38(35)50-39)42-40(36)34-20-10-12-22-37(34)49(42)33-26-24-32(25-27-33)45-47-43(30-16-6-2-7-17-30)46-44(48-45)31-18-8-3-9-19-31;1-4-12-29(13-5-1)33-22-25-35-36-26-27-40-41(37-18-10-11-19-39(37)50-40)42(36)49(38(35)28-33)34-23-20-32(21-24-34)45-47-43(30-14-6-2-7-15-30)46-44(48-45)31-16-8-3-9-17-31/h3*1-28H. The predicted molar refractivity (Wildman–Crippen MR) is 610 cm³/mol. The predicted octanol–water partition coefficient (Wildman–Crippen LogP) is 34.6. The van der Waals surface area contributed by atoms with E-state index in [9.17, 15) is 0 Å². The normalized spacial score (nSPS) is 11.6. The highest BCUT2D eigenvalue weighted by atomic mass is 16.3. The molecule has 0 bridgehead atoms. The van der Waals surface area contributed by atoms with Gasteiger partial charge in [0.05, 0.1) is 49.3 Å². The van der Waals surface area contributed by atoms with Gasteiger partial charge in [0, 0.05) is 121 Å². The number of benzene rings is 21. The minimum absolute atomic E-state index is 0.626. The van der Waals surface area contributed by atoms with E-state index in [1.165, 1.54) is 43.4 Å². The number of furan rings is 3. The van der Waals surface area contributed by atoms with Crippen LogP contribution in [0, 0.1) is 0 Å². The van der Waals surface area contributed by atoms with Crippen LogP contribution in [0.4, 0.5) is 0 Å². The second-order valence-corrected chi connectivity index (χ2v) is 37.3. The number of aromatic nitrogens is 12. The lowest BCUT2D eigenvalue weighted by atomic mass is 9.97.